The van der Waals surface area contributed by atoms with Gasteiger partial charge in [-0.15, -0.1) is 0 Å². The number of carbonyl (C=O) groups excluding carboxylic acids is 1. The molecule has 0 radical (unpaired) electrons. The van der Waals surface area contributed by atoms with Crippen LogP contribution in [0.2, 0.25) is 5.02 Å². The van der Waals surface area contributed by atoms with E-state index in [9.17, 15) is 13.2 Å². The molecule has 0 aliphatic heterocycles. The molecule has 4 N–H and O–H groups in total. The molecule has 140 valence electrons. The normalized spacial score (nSPS) is 11.3. The lowest BCUT2D eigenvalue weighted by molar-refractivity contribution is 0.0955. The highest BCUT2D eigenvalue weighted by atomic mass is 35.5. The molecule has 3 rings (SSSR count). The van der Waals surface area contributed by atoms with E-state index in [2.05, 4.69) is 15.5 Å². The smallest absolute Gasteiger partial charge is 0.255 e. The van der Waals surface area contributed by atoms with E-state index in [4.69, 9.17) is 16.7 Å². The number of hydrogen-bond donors (Lipinski definition) is 3. The van der Waals surface area contributed by atoms with Crippen molar-refractivity contribution in [2.75, 3.05) is 6.54 Å². The van der Waals surface area contributed by atoms with Gasteiger partial charge < -0.3 is 5.32 Å². The van der Waals surface area contributed by atoms with E-state index in [-0.39, 0.29) is 10.8 Å². The number of halogens is 1. The summed E-state index contributed by atoms with van der Waals surface area (Å²) in [6.07, 6.45) is 2.01. The third-order valence-electron chi connectivity index (χ3n) is 3.95. The van der Waals surface area contributed by atoms with Gasteiger partial charge in [-0.3, -0.25) is 9.89 Å². The van der Waals surface area contributed by atoms with Gasteiger partial charge in [-0.2, -0.15) is 5.10 Å². The van der Waals surface area contributed by atoms with Crippen LogP contribution < -0.4 is 10.5 Å². The van der Waals surface area contributed by atoms with Crippen LogP contribution in [0.4, 0.5) is 0 Å². The SMILES string of the molecule is NS(=O)(=O)c1ccc(CCNC(=O)c2cn[nH]c2-c2cccc(Cl)c2)cc1. The Hall–Kier alpha value is -2.68. The Bertz CT molecular complexity index is 1060. The molecule has 0 saturated carbocycles. The topological polar surface area (TPSA) is 118 Å². The Morgan fingerprint density at radius 1 is 1.19 bits per heavy atom. The number of amides is 1. The van der Waals surface area contributed by atoms with E-state index in [1.165, 1.54) is 18.3 Å². The number of carbonyl (C=O) groups is 1. The number of primary sulfonamides is 1. The lowest BCUT2D eigenvalue weighted by Crippen LogP contribution is -2.25. The molecule has 1 aromatic heterocycles. The van der Waals surface area contributed by atoms with Crippen LogP contribution in [0.1, 0.15) is 15.9 Å². The molecule has 0 aliphatic rings. The predicted octanol–water partition coefficient (Wildman–Crippen LogP) is 2.35. The van der Waals surface area contributed by atoms with Crippen molar-refractivity contribution < 1.29 is 13.2 Å². The fourth-order valence-corrected chi connectivity index (χ4v) is 3.29. The number of benzene rings is 2. The van der Waals surface area contributed by atoms with Crippen LogP contribution >= 0.6 is 11.6 Å². The maximum Gasteiger partial charge on any atom is 0.255 e. The minimum Gasteiger partial charge on any atom is -0.352 e. The van der Waals surface area contributed by atoms with Crippen molar-refractivity contribution in [2.24, 2.45) is 5.14 Å². The number of rotatable bonds is 6. The van der Waals surface area contributed by atoms with Gasteiger partial charge in [-0.1, -0.05) is 35.9 Å². The van der Waals surface area contributed by atoms with Gasteiger partial charge in [0.25, 0.3) is 5.91 Å². The van der Waals surface area contributed by atoms with E-state index in [0.717, 1.165) is 11.1 Å². The molecule has 7 nitrogen and oxygen atoms in total. The van der Waals surface area contributed by atoms with Crippen LogP contribution in [0, 0.1) is 0 Å². The van der Waals surface area contributed by atoms with Gasteiger partial charge in [0.15, 0.2) is 0 Å². The van der Waals surface area contributed by atoms with Crippen molar-refractivity contribution in [1.82, 2.24) is 15.5 Å². The molecule has 0 atom stereocenters. The molecule has 9 heteroatoms. The van der Waals surface area contributed by atoms with Gasteiger partial charge in [0, 0.05) is 17.1 Å². The van der Waals surface area contributed by atoms with Crippen molar-refractivity contribution >= 4 is 27.5 Å². The van der Waals surface area contributed by atoms with Crippen molar-refractivity contribution in [3.63, 3.8) is 0 Å². The van der Waals surface area contributed by atoms with E-state index >= 15 is 0 Å². The molecule has 1 amide bonds. The zero-order chi connectivity index (χ0) is 19.4. The molecule has 0 bridgehead atoms. The van der Waals surface area contributed by atoms with Crippen molar-refractivity contribution in [3.8, 4) is 11.3 Å². The van der Waals surface area contributed by atoms with Crippen LogP contribution in [0.3, 0.4) is 0 Å². The monoisotopic (exact) mass is 404 g/mol. The lowest BCUT2D eigenvalue weighted by Gasteiger charge is -2.07. The zero-order valence-corrected chi connectivity index (χ0v) is 15.7. The fraction of sp³-hybridized carbons (Fsp3) is 0.111. The Labute approximate surface area is 161 Å². The van der Waals surface area contributed by atoms with Crippen LogP contribution in [-0.4, -0.2) is 31.1 Å². The number of aromatic nitrogens is 2. The number of nitrogens with one attached hydrogen (secondary N) is 2. The number of H-pyrrole nitrogens is 1. The van der Waals surface area contributed by atoms with Gasteiger partial charge in [-0.05, 0) is 36.2 Å². The summed E-state index contributed by atoms with van der Waals surface area (Å²) in [5.41, 5.74) is 2.66. The Morgan fingerprint density at radius 3 is 2.59 bits per heavy atom. The molecule has 0 aliphatic carbocycles. The molecule has 1 heterocycles. The third-order valence-corrected chi connectivity index (χ3v) is 5.11. The summed E-state index contributed by atoms with van der Waals surface area (Å²) in [7, 11) is -3.71. The maximum absolute atomic E-state index is 12.5. The van der Waals surface area contributed by atoms with E-state index in [1.807, 2.05) is 6.07 Å². The maximum atomic E-state index is 12.5. The first kappa shape index (κ1) is 19.1. The highest BCUT2D eigenvalue weighted by molar-refractivity contribution is 7.89. The Balaban J connectivity index is 1.63. The highest BCUT2D eigenvalue weighted by Gasteiger charge is 2.15. The molecular formula is C18H17ClN4O3S. The second-order valence-corrected chi connectivity index (χ2v) is 7.86. The average molecular weight is 405 g/mol. The Morgan fingerprint density at radius 2 is 1.93 bits per heavy atom. The van der Waals surface area contributed by atoms with Crippen LogP contribution in [-0.2, 0) is 16.4 Å². The predicted molar refractivity (Wildman–Crippen MR) is 103 cm³/mol. The first-order chi connectivity index (χ1) is 12.8. The van der Waals surface area contributed by atoms with Gasteiger partial charge in [0.1, 0.15) is 0 Å². The average Bonchev–Trinajstić information content (AvgIpc) is 3.11. The molecule has 0 fully saturated rings. The van der Waals surface area contributed by atoms with Crippen LogP contribution in [0.25, 0.3) is 11.3 Å². The van der Waals surface area contributed by atoms with Crippen molar-refractivity contribution in [1.29, 1.82) is 0 Å². The first-order valence-corrected chi connectivity index (χ1v) is 9.96. The molecule has 0 saturated heterocycles. The molecule has 0 spiro atoms. The number of sulfonamides is 1. The number of hydrogen-bond acceptors (Lipinski definition) is 4. The largest absolute Gasteiger partial charge is 0.352 e. The van der Waals surface area contributed by atoms with E-state index < -0.39 is 10.0 Å². The minimum atomic E-state index is -3.71. The molecular weight excluding hydrogens is 388 g/mol. The summed E-state index contributed by atoms with van der Waals surface area (Å²) in [5, 5.41) is 15.2. The quantitative estimate of drug-likeness (QED) is 0.584. The van der Waals surface area contributed by atoms with Gasteiger partial charge in [0.05, 0.1) is 22.3 Å². The van der Waals surface area contributed by atoms with Crippen LogP contribution in [0.5, 0.6) is 0 Å². The molecule has 0 unspecified atom stereocenters. The van der Waals surface area contributed by atoms with Gasteiger partial charge in [0.2, 0.25) is 10.0 Å². The van der Waals surface area contributed by atoms with Crippen molar-refractivity contribution in [3.05, 3.63) is 70.9 Å². The summed E-state index contributed by atoms with van der Waals surface area (Å²) in [6.45, 7) is 0.383. The Kier molecular flexibility index (Phi) is 5.59. The molecule has 2 aromatic carbocycles. The second-order valence-electron chi connectivity index (χ2n) is 5.86. The van der Waals surface area contributed by atoms with Crippen molar-refractivity contribution in [2.45, 2.75) is 11.3 Å². The minimum absolute atomic E-state index is 0.0554. The first-order valence-electron chi connectivity index (χ1n) is 8.04. The number of nitrogens with zero attached hydrogens (tertiary/aromatic N) is 1. The summed E-state index contributed by atoms with van der Waals surface area (Å²) >= 11 is 6.00. The zero-order valence-electron chi connectivity index (χ0n) is 14.1. The second kappa shape index (κ2) is 7.91. The third kappa shape index (κ3) is 4.73. The summed E-state index contributed by atoms with van der Waals surface area (Å²) in [5.74, 6) is -0.264. The van der Waals surface area contributed by atoms with Gasteiger partial charge >= 0.3 is 0 Å². The summed E-state index contributed by atoms with van der Waals surface area (Å²) in [4.78, 5) is 12.5. The molecule has 3 aromatic rings. The van der Waals surface area contributed by atoms with E-state index in [0.29, 0.717) is 29.2 Å². The van der Waals surface area contributed by atoms with E-state index in [1.54, 1.807) is 30.3 Å². The summed E-state index contributed by atoms with van der Waals surface area (Å²) < 4.78 is 22.5. The highest BCUT2D eigenvalue weighted by Crippen LogP contribution is 2.23. The van der Waals surface area contributed by atoms with Crippen LogP contribution in [0.15, 0.2) is 59.6 Å². The number of aromatic amines is 1. The fourth-order valence-electron chi connectivity index (χ4n) is 2.58. The number of nitrogens with two attached hydrogens (primary N) is 1. The molecule has 27 heavy (non-hydrogen) atoms. The van der Waals surface area contributed by atoms with Gasteiger partial charge in [-0.25, -0.2) is 13.6 Å². The standard InChI is InChI=1S/C18H17ClN4O3S/c19-14-3-1-2-13(10-14)17-16(11-22-23-17)18(24)21-9-8-12-4-6-15(7-5-12)27(20,25)26/h1-7,10-11H,8-9H2,(H,21,24)(H,22,23)(H2,20,25,26). The summed E-state index contributed by atoms with van der Waals surface area (Å²) in [6, 6.07) is 13.4. The lowest BCUT2D eigenvalue weighted by atomic mass is 10.1.